The molecule has 0 aliphatic carbocycles. The van der Waals surface area contributed by atoms with E-state index in [9.17, 15) is 0 Å². The molecule has 0 radical (unpaired) electrons. The lowest BCUT2D eigenvalue weighted by molar-refractivity contribution is 0.212. The monoisotopic (exact) mass is 287 g/mol. The topological polar surface area (TPSA) is 54.3 Å². The minimum atomic E-state index is 0.668. The van der Waals surface area contributed by atoms with Crippen LogP contribution in [0.5, 0.6) is 5.75 Å². The van der Waals surface area contributed by atoms with Gasteiger partial charge in [-0.25, -0.2) is 0 Å². The fourth-order valence-corrected chi connectivity index (χ4v) is 3.37. The van der Waals surface area contributed by atoms with Crippen LogP contribution in [0.25, 0.3) is 10.9 Å². The summed E-state index contributed by atoms with van der Waals surface area (Å²) in [5.41, 5.74) is 8.23. The molecule has 0 unspecified atom stereocenters. The molecule has 2 heterocycles. The van der Waals surface area contributed by atoms with Crippen molar-refractivity contribution in [1.82, 2.24) is 9.88 Å². The van der Waals surface area contributed by atoms with E-state index >= 15 is 0 Å². The summed E-state index contributed by atoms with van der Waals surface area (Å²) < 4.78 is 5.29. The molecule has 1 aromatic heterocycles. The Bertz CT molecular complexity index is 585. The van der Waals surface area contributed by atoms with Gasteiger partial charge < -0.3 is 20.4 Å². The zero-order valence-corrected chi connectivity index (χ0v) is 12.8. The number of ether oxygens (including phenoxy) is 1. The maximum Gasteiger partial charge on any atom is 0.120 e. The molecule has 0 bridgehead atoms. The number of fused-ring (bicyclic) bond motifs is 1. The minimum absolute atomic E-state index is 0.668. The van der Waals surface area contributed by atoms with E-state index in [4.69, 9.17) is 10.5 Å². The smallest absolute Gasteiger partial charge is 0.120 e. The van der Waals surface area contributed by atoms with Crippen LogP contribution < -0.4 is 10.5 Å². The van der Waals surface area contributed by atoms with Gasteiger partial charge in [0.25, 0.3) is 0 Å². The highest BCUT2D eigenvalue weighted by Gasteiger charge is 2.22. The van der Waals surface area contributed by atoms with E-state index in [1.165, 1.54) is 42.4 Å². The summed E-state index contributed by atoms with van der Waals surface area (Å²) in [6.07, 6.45) is 5.77. The first-order valence-electron chi connectivity index (χ1n) is 7.89. The van der Waals surface area contributed by atoms with Crippen LogP contribution in [0.1, 0.15) is 30.7 Å². The average Bonchev–Trinajstić information content (AvgIpc) is 2.96. The third kappa shape index (κ3) is 3.06. The van der Waals surface area contributed by atoms with Crippen LogP contribution in [0.4, 0.5) is 0 Å². The first-order valence-corrected chi connectivity index (χ1v) is 7.89. The SMILES string of the molecule is COc1ccc2c(C3CCN(CCCN)CC3)c[nH]c2c1. The molecule has 1 aliphatic rings. The molecular formula is C17H25N3O. The van der Waals surface area contributed by atoms with Crippen LogP contribution in [-0.2, 0) is 0 Å². The fourth-order valence-electron chi connectivity index (χ4n) is 3.37. The summed E-state index contributed by atoms with van der Waals surface area (Å²) >= 11 is 0. The molecule has 0 amide bonds. The molecule has 114 valence electrons. The van der Waals surface area contributed by atoms with Gasteiger partial charge in [-0.2, -0.15) is 0 Å². The Morgan fingerprint density at radius 1 is 1.33 bits per heavy atom. The summed E-state index contributed by atoms with van der Waals surface area (Å²) in [6.45, 7) is 4.32. The van der Waals surface area contributed by atoms with Crippen molar-refractivity contribution in [3.63, 3.8) is 0 Å². The summed E-state index contributed by atoms with van der Waals surface area (Å²) in [7, 11) is 1.71. The van der Waals surface area contributed by atoms with Gasteiger partial charge in [0.15, 0.2) is 0 Å². The lowest BCUT2D eigenvalue weighted by Gasteiger charge is -2.31. The summed E-state index contributed by atoms with van der Waals surface area (Å²) in [5, 5.41) is 1.34. The van der Waals surface area contributed by atoms with Gasteiger partial charge in [0.2, 0.25) is 0 Å². The van der Waals surface area contributed by atoms with E-state index in [1.54, 1.807) is 7.11 Å². The van der Waals surface area contributed by atoms with Crippen LogP contribution in [-0.4, -0.2) is 43.2 Å². The van der Waals surface area contributed by atoms with Crippen molar-refractivity contribution in [3.05, 3.63) is 30.0 Å². The second-order valence-corrected chi connectivity index (χ2v) is 5.91. The fraction of sp³-hybridized carbons (Fsp3) is 0.529. The van der Waals surface area contributed by atoms with Crippen LogP contribution in [0.3, 0.4) is 0 Å². The van der Waals surface area contributed by atoms with Crippen molar-refractivity contribution >= 4 is 10.9 Å². The molecule has 1 aliphatic heterocycles. The van der Waals surface area contributed by atoms with E-state index in [-0.39, 0.29) is 0 Å². The number of hydrogen-bond donors (Lipinski definition) is 2. The van der Waals surface area contributed by atoms with Gasteiger partial charge in [0.05, 0.1) is 7.11 Å². The largest absolute Gasteiger partial charge is 0.497 e. The number of hydrogen-bond acceptors (Lipinski definition) is 3. The quantitative estimate of drug-likeness (QED) is 0.889. The molecule has 1 aromatic carbocycles. The molecule has 1 saturated heterocycles. The number of aromatic amines is 1. The second kappa shape index (κ2) is 6.50. The lowest BCUT2D eigenvalue weighted by Crippen LogP contribution is -2.34. The third-order valence-corrected chi connectivity index (χ3v) is 4.63. The van der Waals surface area contributed by atoms with Gasteiger partial charge in [-0.1, -0.05) is 0 Å². The molecule has 2 aromatic rings. The number of benzene rings is 1. The summed E-state index contributed by atoms with van der Waals surface area (Å²) in [5.74, 6) is 1.58. The molecule has 3 rings (SSSR count). The Labute approximate surface area is 126 Å². The van der Waals surface area contributed by atoms with Crippen LogP contribution in [0.2, 0.25) is 0 Å². The van der Waals surface area contributed by atoms with Crippen molar-refractivity contribution in [3.8, 4) is 5.75 Å². The van der Waals surface area contributed by atoms with Gasteiger partial charge >= 0.3 is 0 Å². The first kappa shape index (κ1) is 14.4. The summed E-state index contributed by atoms with van der Waals surface area (Å²) in [4.78, 5) is 5.94. The number of rotatable bonds is 5. The van der Waals surface area contributed by atoms with Crippen molar-refractivity contribution < 1.29 is 4.74 Å². The Kier molecular flexibility index (Phi) is 4.46. The molecule has 0 spiro atoms. The van der Waals surface area contributed by atoms with Gasteiger partial charge in [0, 0.05) is 23.2 Å². The summed E-state index contributed by atoms with van der Waals surface area (Å²) in [6, 6.07) is 6.31. The number of likely N-dealkylation sites (tertiary alicyclic amines) is 1. The Morgan fingerprint density at radius 2 is 2.14 bits per heavy atom. The van der Waals surface area contributed by atoms with Crippen LogP contribution >= 0.6 is 0 Å². The van der Waals surface area contributed by atoms with E-state index in [2.05, 4.69) is 34.3 Å². The normalized spacial score (nSPS) is 17.4. The van der Waals surface area contributed by atoms with Crippen molar-refractivity contribution in [1.29, 1.82) is 0 Å². The predicted molar refractivity (Wildman–Crippen MR) is 86.9 cm³/mol. The Morgan fingerprint density at radius 3 is 2.86 bits per heavy atom. The molecule has 0 saturated carbocycles. The maximum atomic E-state index is 5.59. The molecule has 0 atom stereocenters. The number of aromatic nitrogens is 1. The van der Waals surface area contributed by atoms with E-state index in [0.717, 1.165) is 25.3 Å². The first-order chi connectivity index (χ1) is 10.3. The standard InChI is InChI=1S/C17H25N3O/c1-21-14-3-4-15-16(12-19-17(15)11-14)13-5-9-20(10-6-13)8-2-7-18/h3-4,11-13,19H,2,5-10,18H2,1H3. The average molecular weight is 287 g/mol. The highest BCUT2D eigenvalue weighted by atomic mass is 16.5. The van der Waals surface area contributed by atoms with Gasteiger partial charge in [-0.05, 0) is 69.1 Å². The number of nitrogens with zero attached hydrogens (tertiary/aromatic N) is 1. The maximum absolute atomic E-state index is 5.59. The zero-order valence-electron chi connectivity index (χ0n) is 12.8. The van der Waals surface area contributed by atoms with Crippen molar-refractivity contribution in [2.75, 3.05) is 33.3 Å². The van der Waals surface area contributed by atoms with E-state index in [0.29, 0.717) is 5.92 Å². The molecule has 21 heavy (non-hydrogen) atoms. The van der Waals surface area contributed by atoms with E-state index in [1.807, 2.05) is 0 Å². The van der Waals surface area contributed by atoms with Crippen molar-refractivity contribution in [2.24, 2.45) is 5.73 Å². The van der Waals surface area contributed by atoms with E-state index < -0.39 is 0 Å². The number of nitrogens with one attached hydrogen (secondary N) is 1. The Hall–Kier alpha value is -1.52. The third-order valence-electron chi connectivity index (χ3n) is 4.63. The molecule has 1 fully saturated rings. The van der Waals surface area contributed by atoms with Gasteiger partial charge in [0.1, 0.15) is 5.75 Å². The number of piperidine rings is 1. The lowest BCUT2D eigenvalue weighted by atomic mass is 9.89. The van der Waals surface area contributed by atoms with Gasteiger partial charge in [-0.3, -0.25) is 0 Å². The van der Waals surface area contributed by atoms with Gasteiger partial charge in [-0.15, -0.1) is 0 Å². The van der Waals surface area contributed by atoms with Crippen LogP contribution in [0, 0.1) is 0 Å². The minimum Gasteiger partial charge on any atom is -0.497 e. The number of nitrogens with two attached hydrogens (primary N) is 1. The predicted octanol–water partition coefficient (Wildman–Crippen LogP) is 2.70. The Balaban J connectivity index is 1.71. The number of H-pyrrole nitrogens is 1. The molecule has 4 heteroatoms. The van der Waals surface area contributed by atoms with Crippen molar-refractivity contribution in [2.45, 2.75) is 25.2 Å². The van der Waals surface area contributed by atoms with Crippen LogP contribution in [0.15, 0.2) is 24.4 Å². The zero-order chi connectivity index (χ0) is 14.7. The highest BCUT2D eigenvalue weighted by molar-refractivity contribution is 5.85. The second-order valence-electron chi connectivity index (χ2n) is 5.91. The molecule has 4 nitrogen and oxygen atoms in total. The molecular weight excluding hydrogens is 262 g/mol. The number of methoxy groups -OCH3 is 1. The molecule has 3 N–H and O–H groups in total. The highest BCUT2D eigenvalue weighted by Crippen LogP contribution is 2.34.